The van der Waals surface area contributed by atoms with E-state index in [0.717, 1.165) is 23.5 Å². The monoisotopic (exact) mass is 262 g/mol. The highest BCUT2D eigenvalue weighted by Gasteiger charge is 2.18. The third-order valence-electron chi connectivity index (χ3n) is 1.89. The van der Waals surface area contributed by atoms with Crippen LogP contribution in [0.15, 0.2) is 0 Å². The van der Waals surface area contributed by atoms with Gasteiger partial charge in [0.2, 0.25) is 11.8 Å². The van der Waals surface area contributed by atoms with E-state index >= 15 is 0 Å². The fourth-order valence-electron chi connectivity index (χ4n) is 1.08. The van der Waals surface area contributed by atoms with Crippen molar-refractivity contribution >= 4 is 29.5 Å². The van der Waals surface area contributed by atoms with E-state index in [4.69, 9.17) is 10.8 Å². The average Bonchev–Trinajstić information content (AvgIpc) is 2.22. The number of carbonyl (C=O) groups is 3. The number of primary amides is 1. The number of carbonyl (C=O) groups excluding carboxylic acids is 2. The second-order valence-corrected chi connectivity index (χ2v) is 4.62. The Balaban J connectivity index is 4.12. The minimum Gasteiger partial charge on any atom is -0.480 e. The summed E-state index contributed by atoms with van der Waals surface area (Å²) in [4.78, 5) is 33.8. The van der Waals surface area contributed by atoms with Crippen molar-refractivity contribution in [2.45, 2.75) is 19.8 Å². The van der Waals surface area contributed by atoms with Gasteiger partial charge in [-0.3, -0.25) is 14.4 Å². The molecule has 0 spiro atoms. The lowest BCUT2D eigenvalue weighted by molar-refractivity contribution is -0.144. The molecule has 0 bridgehead atoms. The molecule has 0 aromatic rings. The molecule has 0 fully saturated rings. The van der Waals surface area contributed by atoms with Gasteiger partial charge in [0.15, 0.2) is 0 Å². The van der Waals surface area contributed by atoms with Gasteiger partial charge in [0.25, 0.3) is 0 Å². The highest BCUT2D eigenvalue weighted by molar-refractivity contribution is 7.99. The summed E-state index contributed by atoms with van der Waals surface area (Å²) >= 11 is 1.43. The summed E-state index contributed by atoms with van der Waals surface area (Å²) in [6.07, 6.45) is 2.05. The minimum absolute atomic E-state index is 0.181. The minimum atomic E-state index is -1.15. The zero-order valence-corrected chi connectivity index (χ0v) is 10.7. The first-order chi connectivity index (χ1) is 7.97. The van der Waals surface area contributed by atoms with Crippen LogP contribution in [0.5, 0.6) is 0 Å². The summed E-state index contributed by atoms with van der Waals surface area (Å²) in [5, 5.41) is 8.60. The first-order valence-electron chi connectivity index (χ1n) is 5.33. The number of carboxylic acids is 1. The maximum absolute atomic E-state index is 11.6. The number of thioether (sulfide) groups is 1. The number of rotatable bonds is 9. The fraction of sp³-hybridized carbons (Fsp3) is 0.700. The van der Waals surface area contributed by atoms with E-state index in [0.29, 0.717) is 0 Å². The predicted molar refractivity (Wildman–Crippen MR) is 65.6 cm³/mol. The smallest absolute Gasteiger partial charge is 0.323 e. The second kappa shape index (κ2) is 8.86. The van der Waals surface area contributed by atoms with Crippen LogP contribution in [0.3, 0.4) is 0 Å². The van der Waals surface area contributed by atoms with E-state index in [1.165, 1.54) is 11.8 Å². The van der Waals surface area contributed by atoms with Gasteiger partial charge in [-0.1, -0.05) is 13.3 Å². The molecule has 0 saturated heterocycles. The van der Waals surface area contributed by atoms with Crippen LogP contribution in [0, 0.1) is 0 Å². The summed E-state index contributed by atoms with van der Waals surface area (Å²) in [6.45, 7) is 1.21. The molecule has 98 valence electrons. The number of unbranched alkanes of at least 4 members (excludes halogenated alkanes) is 1. The number of carboxylic acid groups (broad SMARTS) is 1. The molecule has 0 unspecified atom stereocenters. The molecule has 6 nitrogen and oxygen atoms in total. The molecule has 0 aliphatic carbocycles. The number of nitrogens with zero attached hydrogens (tertiary/aromatic N) is 1. The first kappa shape index (κ1) is 15.8. The Hall–Kier alpha value is -1.24. The molecule has 0 atom stereocenters. The van der Waals surface area contributed by atoms with Gasteiger partial charge in [-0.25, -0.2) is 0 Å². The van der Waals surface area contributed by atoms with Crippen molar-refractivity contribution in [1.29, 1.82) is 0 Å². The highest BCUT2D eigenvalue weighted by atomic mass is 32.2. The lowest BCUT2D eigenvalue weighted by Gasteiger charge is -2.18. The molecule has 0 heterocycles. The van der Waals surface area contributed by atoms with Crippen molar-refractivity contribution in [3.8, 4) is 0 Å². The standard InChI is InChI=1S/C10H18N2O4S/c1-2-3-4-17-7-9(14)12(5-8(11)13)6-10(15)16/h2-7H2,1H3,(H2,11,13)(H,15,16). The van der Waals surface area contributed by atoms with Gasteiger partial charge in [0, 0.05) is 0 Å². The van der Waals surface area contributed by atoms with Crippen LogP contribution >= 0.6 is 11.8 Å². The maximum atomic E-state index is 11.6. The van der Waals surface area contributed by atoms with E-state index in [1.54, 1.807) is 0 Å². The van der Waals surface area contributed by atoms with E-state index in [2.05, 4.69) is 0 Å². The lowest BCUT2D eigenvalue weighted by Crippen LogP contribution is -2.42. The topological polar surface area (TPSA) is 101 Å². The largest absolute Gasteiger partial charge is 0.480 e. The number of aliphatic carboxylic acids is 1. The molecule has 0 aromatic heterocycles. The van der Waals surface area contributed by atoms with Crippen LogP contribution in [0.2, 0.25) is 0 Å². The van der Waals surface area contributed by atoms with Crippen molar-refractivity contribution < 1.29 is 19.5 Å². The zero-order valence-electron chi connectivity index (χ0n) is 9.85. The average molecular weight is 262 g/mol. The highest BCUT2D eigenvalue weighted by Crippen LogP contribution is 2.06. The molecule has 0 radical (unpaired) electrons. The van der Waals surface area contributed by atoms with Gasteiger partial charge in [-0.05, 0) is 12.2 Å². The molecule has 0 saturated carbocycles. The molecule has 0 aliphatic rings. The molecular formula is C10H18N2O4S. The molecule has 2 amide bonds. The SMILES string of the molecule is CCCCSCC(=O)N(CC(N)=O)CC(=O)O. The van der Waals surface area contributed by atoms with Gasteiger partial charge in [-0.15, -0.1) is 0 Å². The molecule has 3 N–H and O–H groups in total. The van der Waals surface area contributed by atoms with Crippen LogP contribution in [0.25, 0.3) is 0 Å². The van der Waals surface area contributed by atoms with E-state index < -0.39 is 18.4 Å². The van der Waals surface area contributed by atoms with Crippen molar-refractivity contribution in [2.24, 2.45) is 5.73 Å². The summed E-state index contributed by atoms with van der Waals surface area (Å²) in [5.41, 5.74) is 4.95. The third kappa shape index (κ3) is 8.56. The Labute approximate surface area is 105 Å². The molecule has 17 heavy (non-hydrogen) atoms. The normalized spacial score (nSPS) is 9.94. The van der Waals surface area contributed by atoms with Crippen LogP contribution in [0.1, 0.15) is 19.8 Å². The van der Waals surface area contributed by atoms with Crippen LogP contribution in [0.4, 0.5) is 0 Å². The van der Waals surface area contributed by atoms with Gasteiger partial charge >= 0.3 is 5.97 Å². The van der Waals surface area contributed by atoms with Crippen LogP contribution < -0.4 is 5.73 Å². The first-order valence-corrected chi connectivity index (χ1v) is 6.48. The third-order valence-corrected chi connectivity index (χ3v) is 2.92. The Kier molecular flexibility index (Phi) is 8.21. The van der Waals surface area contributed by atoms with Crippen molar-refractivity contribution in [2.75, 3.05) is 24.6 Å². The number of hydrogen-bond donors (Lipinski definition) is 2. The van der Waals surface area contributed by atoms with Gasteiger partial charge in [0.05, 0.1) is 12.3 Å². The van der Waals surface area contributed by atoms with E-state index in [9.17, 15) is 14.4 Å². The quantitative estimate of drug-likeness (QED) is 0.566. The molecule has 0 rings (SSSR count). The summed E-state index contributed by atoms with van der Waals surface area (Å²) in [7, 11) is 0. The number of nitrogens with two attached hydrogens (primary N) is 1. The van der Waals surface area contributed by atoms with Crippen LogP contribution in [-0.4, -0.2) is 52.4 Å². The van der Waals surface area contributed by atoms with Gasteiger partial charge in [-0.2, -0.15) is 11.8 Å². The Morgan fingerprint density at radius 3 is 2.41 bits per heavy atom. The predicted octanol–water partition coefficient (Wildman–Crippen LogP) is -0.0818. The summed E-state index contributed by atoms with van der Waals surface area (Å²) < 4.78 is 0. The van der Waals surface area contributed by atoms with Crippen molar-refractivity contribution in [3.63, 3.8) is 0 Å². The van der Waals surface area contributed by atoms with Crippen molar-refractivity contribution in [3.05, 3.63) is 0 Å². The summed E-state index contributed by atoms with van der Waals surface area (Å²) in [6, 6.07) is 0. The van der Waals surface area contributed by atoms with Crippen LogP contribution in [-0.2, 0) is 14.4 Å². The number of hydrogen-bond acceptors (Lipinski definition) is 4. The molecule has 0 aromatic carbocycles. The fourth-order valence-corrected chi connectivity index (χ4v) is 2.08. The Bertz CT molecular complexity index is 267. The molecule has 7 heteroatoms. The zero-order chi connectivity index (χ0) is 13.3. The van der Waals surface area contributed by atoms with E-state index in [-0.39, 0.29) is 18.2 Å². The Morgan fingerprint density at radius 2 is 1.94 bits per heavy atom. The van der Waals surface area contributed by atoms with E-state index in [1.807, 2.05) is 6.92 Å². The molecule has 0 aliphatic heterocycles. The lowest BCUT2D eigenvalue weighted by atomic mass is 10.4. The second-order valence-electron chi connectivity index (χ2n) is 3.52. The summed E-state index contributed by atoms with van der Waals surface area (Å²) in [5.74, 6) is -1.20. The van der Waals surface area contributed by atoms with Gasteiger partial charge < -0.3 is 15.7 Å². The molecular weight excluding hydrogens is 244 g/mol. The number of amides is 2. The van der Waals surface area contributed by atoms with Crippen molar-refractivity contribution in [1.82, 2.24) is 4.90 Å². The maximum Gasteiger partial charge on any atom is 0.323 e. The Morgan fingerprint density at radius 1 is 1.29 bits per heavy atom. The van der Waals surface area contributed by atoms with Gasteiger partial charge in [0.1, 0.15) is 6.54 Å².